The maximum atomic E-state index is 14.1. The third kappa shape index (κ3) is 7.59. The highest BCUT2D eigenvalue weighted by atomic mass is 16.5. The number of rotatable bonds is 16. The van der Waals surface area contributed by atoms with E-state index >= 15 is 0 Å². The Kier molecular flexibility index (Phi) is 11.3. The van der Waals surface area contributed by atoms with Crippen molar-refractivity contribution in [3.63, 3.8) is 0 Å². The number of benzene rings is 4. The first-order valence-corrected chi connectivity index (χ1v) is 17.3. The van der Waals surface area contributed by atoms with Gasteiger partial charge in [-0.1, -0.05) is 89.5 Å². The van der Waals surface area contributed by atoms with Crippen molar-refractivity contribution in [2.75, 3.05) is 22.9 Å². The number of unbranched alkanes of at least 4 members (excludes halogenated alkanes) is 8. The van der Waals surface area contributed by atoms with Gasteiger partial charge in [0.15, 0.2) is 23.1 Å². The van der Waals surface area contributed by atoms with E-state index in [-0.39, 0.29) is 56.5 Å². The van der Waals surface area contributed by atoms with Crippen molar-refractivity contribution in [1.29, 1.82) is 0 Å². The molecule has 1 aliphatic rings. The number of carbonyl (C=O) groups excluding carboxylic acids is 2. The monoisotopic (exact) mass is 648 g/mol. The smallest absolute Gasteiger partial charge is 0.199 e. The lowest BCUT2D eigenvalue weighted by atomic mass is 9.80. The summed E-state index contributed by atoms with van der Waals surface area (Å²) in [5, 5.41) is 0. The average Bonchev–Trinajstić information content (AvgIpc) is 3.07. The molecule has 0 saturated heterocycles. The number of hydrogen-bond donors (Lipinski definition) is 4. The van der Waals surface area contributed by atoms with Crippen molar-refractivity contribution in [2.45, 2.75) is 90.9 Å². The second-order valence-corrected chi connectivity index (χ2v) is 12.7. The van der Waals surface area contributed by atoms with Gasteiger partial charge in [0.1, 0.15) is 11.5 Å². The van der Waals surface area contributed by atoms with Crippen LogP contribution >= 0.6 is 0 Å². The van der Waals surface area contributed by atoms with E-state index in [1.54, 1.807) is 0 Å². The van der Waals surface area contributed by atoms with Crippen molar-refractivity contribution < 1.29 is 19.1 Å². The van der Waals surface area contributed by atoms with Gasteiger partial charge in [-0.3, -0.25) is 9.59 Å². The molecule has 8 heteroatoms. The summed E-state index contributed by atoms with van der Waals surface area (Å²) in [6, 6.07) is 18.5. The van der Waals surface area contributed by atoms with Crippen LogP contribution < -0.4 is 32.4 Å². The topological polar surface area (TPSA) is 157 Å². The molecule has 0 aliphatic heterocycles. The standard InChI is InChI=1S/C40H48N4O4/c1-3-5-7-9-11-13-25-15-19-27(20-16-25)47-31-23-29(41)33-35(37(31)43)40(46)36-34(39(33)45)30(42)24-32(38(36)44)48-28-21-17-26(18-22-28)14-12-10-8-6-4-2/h15-24H,3-14,41-44H2,1-2H3. The quantitative estimate of drug-likeness (QED) is 0.0609. The lowest BCUT2D eigenvalue weighted by molar-refractivity contribution is 0.0981. The van der Waals surface area contributed by atoms with Crippen LogP contribution in [0, 0.1) is 0 Å². The SMILES string of the molecule is CCCCCCCc1ccc(Oc2cc(N)c3c(c2N)C(=O)c2c(N)c(Oc4ccc(CCCCCCC)cc4)cc(N)c2C3=O)cc1. The van der Waals surface area contributed by atoms with E-state index in [0.717, 1.165) is 25.7 Å². The van der Waals surface area contributed by atoms with Crippen molar-refractivity contribution >= 4 is 34.3 Å². The van der Waals surface area contributed by atoms with Gasteiger partial charge in [0.25, 0.3) is 0 Å². The Bertz CT molecular complexity index is 1640. The van der Waals surface area contributed by atoms with Crippen LogP contribution in [0.2, 0.25) is 0 Å². The molecule has 0 radical (unpaired) electrons. The molecule has 0 spiro atoms. The molecule has 1 aliphatic carbocycles. The van der Waals surface area contributed by atoms with Crippen molar-refractivity contribution in [2.24, 2.45) is 0 Å². The maximum Gasteiger partial charge on any atom is 0.199 e. The van der Waals surface area contributed by atoms with E-state index in [2.05, 4.69) is 13.8 Å². The largest absolute Gasteiger partial charge is 0.455 e. The number of hydrogen-bond acceptors (Lipinski definition) is 8. The van der Waals surface area contributed by atoms with Crippen LogP contribution in [0.15, 0.2) is 60.7 Å². The summed E-state index contributed by atoms with van der Waals surface area (Å²) in [5.74, 6) is 0.319. The summed E-state index contributed by atoms with van der Waals surface area (Å²) in [6.07, 6.45) is 14.2. The fourth-order valence-corrected chi connectivity index (χ4v) is 6.33. The number of anilines is 4. The second-order valence-electron chi connectivity index (χ2n) is 12.7. The zero-order valence-electron chi connectivity index (χ0n) is 28.2. The number of nitrogens with two attached hydrogens (primary N) is 4. The van der Waals surface area contributed by atoms with E-state index in [4.69, 9.17) is 32.4 Å². The summed E-state index contributed by atoms with van der Waals surface area (Å²) in [4.78, 5) is 27.9. The number of ether oxygens (including phenoxy) is 2. The van der Waals surface area contributed by atoms with Gasteiger partial charge < -0.3 is 32.4 Å². The lowest BCUT2D eigenvalue weighted by Crippen LogP contribution is -2.26. The van der Waals surface area contributed by atoms with Gasteiger partial charge in [-0.05, 0) is 61.1 Å². The highest BCUT2D eigenvalue weighted by Gasteiger charge is 2.38. The summed E-state index contributed by atoms with van der Waals surface area (Å²) in [7, 11) is 0. The van der Waals surface area contributed by atoms with Gasteiger partial charge in [0.2, 0.25) is 0 Å². The molecular formula is C40H48N4O4. The van der Waals surface area contributed by atoms with Gasteiger partial charge >= 0.3 is 0 Å². The Morgan fingerprint density at radius 2 is 0.833 bits per heavy atom. The van der Waals surface area contributed by atoms with Crippen LogP contribution in [0.4, 0.5) is 22.7 Å². The molecule has 8 N–H and O–H groups in total. The average molecular weight is 649 g/mol. The molecule has 8 nitrogen and oxygen atoms in total. The first-order valence-electron chi connectivity index (χ1n) is 17.3. The third-order valence-corrected chi connectivity index (χ3v) is 9.07. The summed E-state index contributed by atoms with van der Waals surface area (Å²) in [6.45, 7) is 4.42. The molecule has 0 amide bonds. The Labute approximate surface area is 283 Å². The first-order chi connectivity index (χ1) is 23.2. The highest BCUT2D eigenvalue weighted by molar-refractivity contribution is 6.35. The maximum absolute atomic E-state index is 14.1. The fraction of sp³-hybridized carbons (Fsp3) is 0.350. The number of ketones is 2. The summed E-state index contributed by atoms with van der Waals surface area (Å²) in [5.41, 5.74) is 28.2. The Hall–Kier alpha value is -4.98. The summed E-state index contributed by atoms with van der Waals surface area (Å²) >= 11 is 0. The van der Waals surface area contributed by atoms with Crippen LogP contribution in [0.25, 0.3) is 0 Å². The minimum atomic E-state index is -0.569. The van der Waals surface area contributed by atoms with Gasteiger partial charge in [-0.15, -0.1) is 0 Å². The molecule has 0 bridgehead atoms. The number of fused-ring (bicyclic) bond motifs is 2. The van der Waals surface area contributed by atoms with Gasteiger partial charge in [-0.2, -0.15) is 0 Å². The molecule has 0 atom stereocenters. The van der Waals surface area contributed by atoms with Crippen LogP contribution in [0.3, 0.4) is 0 Å². The molecule has 0 heterocycles. The molecule has 48 heavy (non-hydrogen) atoms. The van der Waals surface area contributed by atoms with E-state index in [1.165, 1.54) is 74.6 Å². The first kappa shape index (κ1) is 34.4. The van der Waals surface area contributed by atoms with E-state index < -0.39 is 11.6 Å². The molecule has 0 unspecified atom stereocenters. The van der Waals surface area contributed by atoms with Crippen molar-refractivity contribution in [3.05, 3.63) is 94.0 Å². The molecule has 0 fully saturated rings. The fourth-order valence-electron chi connectivity index (χ4n) is 6.33. The predicted molar refractivity (Wildman–Crippen MR) is 195 cm³/mol. The second kappa shape index (κ2) is 15.7. The highest BCUT2D eigenvalue weighted by Crippen LogP contribution is 2.46. The van der Waals surface area contributed by atoms with E-state index in [0.29, 0.717) is 11.5 Å². The van der Waals surface area contributed by atoms with Crippen LogP contribution in [0.1, 0.15) is 121 Å². The van der Waals surface area contributed by atoms with E-state index in [1.807, 2.05) is 48.5 Å². The number of nitrogen functional groups attached to an aromatic ring is 4. The third-order valence-electron chi connectivity index (χ3n) is 9.07. The molecular weight excluding hydrogens is 600 g/mol. The molecule has 0 aromatic heterocycles. The van der Waals surface area contributed by atoms with Crippen LogP contribution in [0.5, 0.6) is 23.0 Å². The van der Waals surface area contributed by atoms with Gasteiger partial charge in [0, 0.05) is 23.5 Å². The minimum absolute atomic E-state index is 0.00206. The van der Waals surface area contributed by atoms with Crippen molar-refractivity contribution in [3.8, 4) is 23.0 Å². The Morgan fingerprint density at radius 3 is 1.21 bits per heavy atom. The molecule has 5 rings (SSSR count). The van der Waals surface area contributed by atoms with Crippen molar-refractivity contribution in [1.82, 2.24) is 0 Å². The Balaban J connectivity index is 1.36. The summed E-state index contributed by atoms with van der Waals surface area (Å²) < 4.78 is 12.2. The minimum Gasteiger partial charge on any atom is -0.455 e. The molecule has 0 saturated carbocycles. The molecule has 4 aromatic carbocycles. The zero-order valence-corrected chi connectivity index (χ0v) is 28.2. The number of carbonyl (C=O) groups is 2. The predicted octanol–water partition coefficient (Wildman–Crippen LogP) is 9.40. The molecule has 4 aromatic rings. The molecule has 252 valence electrons. The lowest BCUT2D eigenvalue weighted by Gasteiger charge is -2.25. The zero-order chi connectivity index (χ0) is 34.2. The Morgan fingerprint density at radius 1 is 0.479 bits per heavy atom. The van der Waals surface area contributed by atoms with Gasteiger partial charge in [-0.25, -0.2) is 0 Å². The van der Waals surface area contributed by atoms with E-state index in [9.17, 15) is 9.59 Å². The van der Waals surface area contributed by atoms with Crippen LogP contribution in [-0.2, 0) is 12.8 Å². The normalized spacial score (nSPS) is 12.1. The van der Waals surface area contributed by atoms with Gasteiger partial charge in [0.05, 0.1) is 33.6 Å². The number of aryl methyl sites for hydroxylation is 2. The van der Waals surface area contributed by atoms with Crippen LogP contribution in [-0.4, -0.2) is 11.6 Å².